The molecule has 0 bridgehead atoms. The summed E-state index contributed by atoms with van der Waals surface area (Å²) in [6.07, 6.45) is 0. The second kappa shape index (κ2) is 16.4. The van der Waals surface area contributed by atoms with E-state index in [1.165, 1.54) is 58.3 Å². The van der Waals surface area contributed by atoms with Crippen LogP contribution >= 0.6 is 34.3 Å². The molecular weight excluding hydrogens is 856 g/mol. The predicted octanol–water partition coefficient (Wildman–Crippen LogP) is 16.1. The number of fused-ring (bicyclic) bond motifs is 12. The number of benzene rings is 8. The summed E-state index contributed by atoms with van der Waals surface area (Å²) >= 11 is 9.51. The van der Waals surface area contributed by atoms with E-state index in [-0.39, 0.29) is 5.28 Å². The first-order chi connectivity index (χ1) is 32.2. The third-order valence-corrected chi connectivity index (χ3v) is 13.8. The van der Waals surface area contributed by atoms with Gasteiger partial charge in [0.1, 0.15) is 0 Å². The van der Waals surface area contributed by atoms with Gasteiger partial charge in [0, 0.05) is 69.1 Å². The van der Waals surface area contributed by atoms with Crippen LogP contribution < -0.4 is 0 Å². The Bertz CT molecular complexity index is 4040. The van der Waals surface area contributed by atoms with Gasteiger partial charge >= 0.3 is 0 Å². The van der Waals surface area contributed by atoms with E-state index in [9.17, 15) is 0 Å². The molecule has 65 heavy (non-hydrogen) atoms. The maximum Gasteiger partial charge on any atom is 0.235 e. The summed E-state index contributed by atoms with van der Waals surface area (Å²) in [7, 11) is 0. The highest BCUT2D eigenvalue weighted by molar-refractivity contribution is 7.17. The molecule has 0 unspecified atom stereocenters. The molecule has 0 aliphatic heterocycles. The van der Waals surface area contributed by atoms with Gasteiger partial charge in [0.15, 0.2) is 0 Å². The summed E-state index contributed by atoms with van der Waals surface area (Å²) < 4.78 is 4.85. The molecule has 8 aromatic carbocycles. The molecule has 0 aliphatic rings. The van der Waals surface area contributed by atoms with E-state index in [2.05, 4.69) is 152 Å². The molecule has 6 heterocycles. The summed E-state index contributed by atoms with van der Waals surface area (Å²) in [5, 5.41) is 14.3. The van der Waals surface area contributed by atoms with Crippen LogP contribution in [0.15, 0.2) is 205 Å². The van der Waals surface area contributed by atoms with Crippen LogP contribution in [0.5, 0.6) is 0 Å². The molecule has 0 fully saturated rings. The van der Waals surface area contributed by atoms with Gasteiger partial charge in [-0.05, 0) is 70.9 Å². The second-order valence-electron chi connectivity index (χ2n) is 15.6. The highest BCUT2D eigenvalue weighted by Gasteiger charge is 2.19. The zero-order chi connectivity index (χ0) is 43.3. The monoisotopic (exact) mass is 890 g/mol. The normalized spacial score (nSPS) is 11.5. The number of halogens is 1. The molecule has 0 aliphatic carbocycles. The van der Waals surface area contributed by atoms with Crippen LogP contribution in [0.4, 0.5) is 0 Å². The van der Waals surface area contributed by atoms with Crippen LogP contribution in [0.2, 0.25) is 5.28 Å². The summed E-state index contributed by atoms with van der Waals surface area (Å²) in [5.74, 6) is 0.701. The molecule has 14 aromatic rings. The fraction of sp³-hybridized carbons (Fsp3) is 0. The number of rotatable bonds is 3. The average Bonchev–Trinajstić information content (AvgIpc) is 4.19. The quantitative estimate of drug-likeness (QED) is 0.179. The topological polar surface area (TPSA) is 72.3 Å². The van der Waals surface area contributed by atoms with Gasteiger partial charge in [0.2, 0.25) is 11.2 Å². The molecule has 0 spiro atoms. The van der Waals surface area contributed by atoms with E-state index in [1.807, 2.05) is 72.8 Å². The van der Waals surface area contributed by atoms with E-state index in [4.69, 9.17) is 21.6 Å². The van der Waals surface area contributed by atoms with Crippen molar-refractivity contribution >= 4 is 120 Å². The minimum atomic E-state index is 0.280. The number of nitrogens with one attached hydrogen (secondary N) is 1. The van der Waals surface area contributed by atoms with Crippen LogP contribution in [0.25, 0.3) is 114 Å². The average molecular weight is 892 g/mol. The molecule has 14 rings (SSSR count). The van der Waals surface area contributed by atoms with Crippen LogP contribution in [-0.4, -0.2) is 29.5 Å². The lowest BCUT2D eigenvalue weighted by molar-refractivity contribution is 1.02. The van der Waals surface area contributed by atoms with Crippen molar-refractivity contribution in [2.75, 3.05) is 0 Å². The molecule has 308 valence electrons. The standard InChI is InChI=1S/C28H17N3S.C14H9ClN2.C14H9NS/c1-2-8-18(9-3-1)26-21-11-4-6-12-23(21)29-28(30-26)31-24-13-7-5-10-19(24)20-14-15-25-22(27(20)31)16-17-32-25;15-14-16-12-9-5-4-8-11(12)13(17-14)10-6-2-1-3-7-10;1-2-4-12-9(3-1)10-5-6-13-11(7-8-16-13)14(10)15-12/h1-17H;1-9H;1-8,15H. The summed E-state index contributed by atoms with van der Waals surface area (Å²) in [6.45, 7) is 0. The predicted molar refractivity (Wildman–Crippen MR) is 276 cm³/mol. The minimum absolute atomic E-state index is 0.280. The fourth-order valence-corrected chi connectivity index (χ4v) is 10.7. The van der Waals surface area contributed by atoms with Crippen molar-refractivity contribution in [3.63, 3.8) is 0 Å². The number of thiophene rings is 2. The van der Waals surface area contributed by atoms with Gasteiger partial charge in [0.25, 0.3) is 0 Å². The van der Waals surface area contributed by atoms with E-state index < -0.39 is 0 Å². The fourth-order valence-electron chi connectivity index (χ4n) is 8.92. The van der Waals surface area contributed by atoms with Gasteiger partial charge in [0.05, 0.1) is 39.0 Å². The van der Waals surface area contributed by atoms with Crippen LogP contribution in [0.1, 0.15) is 0 Å². The highest BCUT2D eigenvalue weighted by Crippen LogP contribution is 2.39. The molecule has 6 nitrogen and oxygen atoms in total. The van der Waals surface area contributed by atoms with Crippen molar-refractivity contribution in [3.8, 4) is 28.5 Å². The zero-order valence-electron chi connectivity index (χ0n) is 34.6. The lowest BCUT2D eigenvalue weighted by atomic mass is 10.1. The molecule has 6 aromatic heterocycles. The molecule has 0 atom stereocenters. The van der Waals surface area contributed by atoms with E-state index in [1.54, 1.807) is 22.7 Å². The van der Waals surface area contributed by atoms with Crippen molar-refractivity contribution in [1.82, 2.24) is 29.5 Å². The number of hydrogen-bond acceptors (Lipinski definition) is 6. The highest BCUT2D eigenvalue weighted by atomic mass is 35.5. The Morgan fingerprint density at radius 3 is 1.65 bits per heavy atom. The Kier molecular flexibility index (Phi) is 9.83. The van der Waals surface area contributed by atoms with Crippen LogP contribution in [0, 0.1) is 0 Å². The van der Waals surface area contributed by atoms with Crippen molar-refractivity contribution in [3.05, 3.63) is 210 Å². The van der Waals surface area contributed by atoms with Crippen molar-refractivity contribution in [1.29, 1.82) is 0 Å². The number of H-pyrrole nitrogens is 1. The van der Waals surface area contributed by atoms with Gasteiger partial charge in [-0.1, -0.05) is 146 Å². The first kappa shape index (κ1) is 38.9. The van der Waals surface area contributed by atoms with Crippen LogP contribution in [-0.2, 0) is 0 Å². The smallest absolute Gasteiger partial charge is 0.235 e. The van der Waals surface area contributed by atoms with Crippen molar-refractivity contribution < 1.29 is 0 Å². The largest absolute Gasteiger partial charge is 0.354 e. The Labute approximate surface area is 385 Å². The van der Waals surface area contributed by atoms with E-state index >= 15 is 0 Å². The molecule has 1 N–H and O–H groups in total. The van der Waals surface area contributed by atoms with Crippen molar-refractivity contribution in [2.24, 2.45) is 0 Å². The van der Waals surface area contributed by atoms with E-state index in [0.717, 1.165) is 49.8 Å². The maximum absolute atomic E-state index is 5.95. The number of aromatic nitrogens is 6. The molecule has 0 amide bonds. The Balaban J connectivity index is 0.000000113. The van der Waals surface area contributed by atoms with Gasteiger partial charge < -0.3 is 4.98 Å². The van der Waals surface area contributed by atoms with E-state index in [0.29, 0.717) is 5.95 Å². The van der Waals surface area contributed by atoms with Gasteiger partial charge in [-0.25, -0.2) is 19.9 Å². The zero-order valence-corrected chi connectivity index (χ0v) is 36.9. The minimum Gasteiger partial charge on any atom is -0.354 e. The Morgan fingerprint density at radius 2 is 0.938 bits per heavy atom. The van der Waals surface area contributed by atoms with Gasteiger partial charge in [-0.3, -0.25) is 4.57 Å². The SMILES string of the molecule is Clc1nc(-c2ccccc2)c2ccccc2n1.c1ccc(-c2nc(-n3c4ccccc4c4ccc5sccc5c43)nc3ccccc23)cc1.c1ccc2c(c1)[nH]c1c3ccsc3ccc21. The lowest BCUT2D eigenvalue weighted by Crippen LogP contribution is -2.03. The van der Waals surface area contributed by atoms with Gasteiger partial charge in [-0.15, -0.1) is 22.7 Å². The Morgan fingerprint density at radius 1 is 0.400 bits per heavy atom. The number of para-hydroxylation sites is 4. The molecule has 0 radical (unpaired) electrons. The Hall–Kier alpha value is -7.75. The third kappa shape index (κ3) is 6.96. The number of aromatic amines is 1. The number of nitrogens with zero attached hydrogens (tertiary/aromatic N) is 5. The lowest BCUT2D eigenvalue weighted by Gasteiger charge is -2.12. The third-order valence-electron chi connectivity index (χ3n) is 11.8. The summed E-state index contributed by atoms with van der Waals surface area (Å²) in [5.41, 5.74) is 10.6. The van der Waals surface area contributed by atoms with Gasteiger partial charge in [-0.2, -0.15) is 0 Å². The summed E-state index contributed by atoms with van der Waals surface area (Å²) in [4.78, 5) is 22.3. The number of hydrogen-bond donors (Lipinski definition) is 1. The summed E-state index contributed by atoms with van der Waals surface area (Å²) in [6, 6.07) is 66.8. The second-order valence-corrected chi connectivity index (χ2v) is 17.9. The maximum atomic E-state index is 5.95. The van der Waals surface area contributed by atoms with Crippen molar-refractivity contribution in [2.45, 2.75) is 0 Å². The van der Waals surface area contributed by atoms with Crippen LogP contribution in [0.3, 0.4) is 0 Å². The molecular formula is C56H35ClN6S2. The molecule has 0 saturated carbocycles. The molecule has 9 heteroatoms. The molecule has 0 saturated heterocycles. The first-order valence-electron chi connectivity index (χ1n) is 21.2. The first-order valence-corrected chi connectivity index (χ1v) is 23.4.